The van der Waals surface area contributed by atoms with Crippen LogP contribution in [0.4, 0.5) is 8.78 Å². The number of Topliss-reactive ketones (excluding diaryl/α,β-unsaturated/α-hetero) is 1. The molecule has 1 aromatic rings. The number of halogens is 2. The number of hydrogen-bond donors (Lipinski definition) is 0. The molecule has 0 aliphatic rings. The number of hydrogen-bond acceptors (Lipinski definition) is 3. The summed E-state index contributed by atoms with van der Waals surface area (Å²) in [6.07, 6.45) is -0.266. The van der Waals surface area contributed by atoms with Crippen molar-refractivity contribution in [3.63, 3.8) is 0 Å². The molecule has 0 N–H and O–H groups in total. The highest BCUT2D eigenvalue weighted by molar-refractivity contribution is 5.81. The van der Waals surface area contributed by atoms with Gasteiger partial charge in [-0.05, 0) is 17.7 Å². The lowest BCUT2D eigenvalue weighted by Gasteiger charge is -1.99. The summed E-state index contributed by atoms with van der Waals surface area (Å²) >= 11 is 0. The van der Waals surface area contributed by atoms with Gasteiger partial charge in [0.15, 0.2) is 11.6 Å². The van der Waals surface area contributed by atoms with Crippen molar-refractivity contribution in [3.8, 4) is 0 Å². The number of benzene rings is 1. The van der Waals surface area contributed by atoms with E-state index in [0.717, 1.165) is 12.1 Å². The Balaban J connectivity index is 2.69. The molecule has 1 rings (SSSR count). The summed E-state index contributed by atoms with van der Waals surface area (Å²) in [5.74, 6) is -2.73. The van der Waals surface area contributed by atoms with E-state index in [9.17, 15) is 23.7 Å². The average Bonchev–Trinajstić information content (AvgIpc) is 2.10. The van der Waals surface area contributed by atoms with Crippen LogP contribution in [0.15, 0.2) is 18.2 Å². The van der Waals surface area contributed by atoms with E-state index < -0.39 is 28.9 Å². The van der Waals surface area contributed by atoms with Gasteiger partial charge in [-0.3, -0.25) is 14.9 Å². The molecule has 0 spiro atoms. The summed E-state index contributed by atoms with van der Waals surface area (Å²) in [6.45, 7) is -0.807. The Hall–Kier alpha value is -1.85. The zero-order chi connectivity index (χ0) is 11.4. The monoisotopic (exact) mass is 215 g/mol. The van der Waals surface area contributed by atoms with Gasteiger partial charge < -0.3 is 0 Å². The standard InChI is InChI=1S/C9H7F2NO3/c10-8-2-1-6(4-9(8)11)3-7(13)5-12(14)15/h1-2,4H,3,5H2. The maximum Gasteiger partial charge on any atom is 0.261 e. The SMILES string of the molecule is O=C(Cc1ccc(F)c(F)c1)C[N+](=O)[O-]. The molecule has 80 valence electrons. The fourth-order valence-corrected chi connectivity index (χ4v) is 1.08. The summed E-state index contributed by atoms with van der Waals surface area (Å²) in [5.41, 5.74) is 0.223. The van der Waals surface area contributed by atoms with Crippen molar-refractivity contribution >= 4 is 5.78 Å². The molecule has 15 heavy (non-hydrogen) atoms. The molecule has 0 unspecified atom stereocenters. The van der Waals surface area contributed by atoms with E-state index in [2.05, 4.69) is 0 Å². The summed E-state index contributed by atoms with van der Waals surface area (Å²) in [5, 5.41) is 9.97. The molecule has 0 aliphatic carbocycles. The molecule has 0 fully saturated rings. The summed E-state index contributed by atoms with van der Waals surface area (Å²) in [4.78, 5) is 20.2. The van der Waals surface area contributed by atoms with Crippen molar-refractivity contribution < 1.29 is 18.5 Å². The third-order valence-corrected chi connectivity index (χ3v) is 1.69. The molecule has 1 aromatic carbocycles. The molecule has 0 amide bonds. The molecule has 4 nitrogen and oxygen atoms in total. The summed E-state index contributed by atoms with van der Waals surface area (Å²) in [6, 6.07) is 2.95. The minimum absolute atomic E-state index is 0.223. The number of rotatable bonds is 4. The van der Waals surface area contributed by atoms with E-state index in [1.807, 2.05) is 0 Å². The maximum absolute atomic E-state index is 12.7. The maximum atomic E-state index is 12.7. The van der Waals surface area contributed by atoms with Gasteiger partial charge in [-0.1, -0.05) is 6.07 Å². The molecule has 0 saturated carbocycles. The van der Waals surface area contributed by atoms with Crippen LogP contribution in [0, 0.1) is 21.7 Å². The van der Waals surface area contributed by atoms with Crippen LogP contribution < -0.4 is 0 Å². The largest absolute Gasteiger partial charge is 0.292 e. The Morgan fingerprint density at radius 1 is 1.33 bits per heavy atom. The van der Waals surface area contributed by atoms with Crippen molar-refractivity contribution in [1.29, 1.82) is 0 Å². The van der Waals surface area contributed by atoms with Crippen molar-refractivity contribution in [2.45, 2.75) is 6.42 Å². The Kier molecular flexibility index (Phi) is 3.43. The molecule has 0 heterocycles. The van der Waals surface area contributed by atoms with Crippen molar-refractivity contribution in [3.05, 3.63) is 45.5 Å². The zero-order valence-corrected chi connectivity index (χ0v) is 7.57. The lowest BCUT2D eigenvalue weighted by molar-refractivity contribution is -0.467. The number of nitro groups is 1. The Morgan fingerprint density at radius 3 is 2.53 bits per heavy atom. The minimum Gasteiger partial charge on any atom is -0.292 e. The second-order valence-corrected chi connectivity index (χ2v) is 2.95. The lowest BCUT2D eigenvalue weighted by atomic mass is 10.1. The molecule has 0 atom stereocenters. The fourth-order valence-electron chi connectivity index (χ4n) is 1.08. The molecule has 0 bridgehead atoms. The van der Waals surface area contributed by atoms with E-state index in [-0.39, 0.29) is 12.0 Å². The molecular formula is C9H7F2NO3. The Labute approximate surface area is 83.7 Å². The van der Waals surface area contributed by atoms with Crippen molar-refractivity contribution in [2.75, 3.05) is 6.54 Å². The van der Waals surface area contributed by atoms with Crippen LogP contribution in [-0.2, 0) is 11.2 Å². The van der Waals surface area contributed by atoms with Gasteiger partial charge in [0.05, 0.1) is 0 Å². The Morgan fingerprint density at radius 2 is 2.00 bits per heavy atom. The molecule has 6 heteroatoms. The van der Waals surface area contributed by atoms with E-state index in [1.165, 1.54) is 6.07 Å². The quantitative estimate of drug-likeness (QED) is 0.562. The first kappa shape index (κ1) is 11.2. The van der Waals surface area contributed by atoms with Crippen LogP contribution in [-0.4, -0.2) is 17.3 Å². The molecular weight excluding hydrogens is 208 g/mol. The third-order valence-electron chi connectivity index (χ3n) is 1.69. The second-order valence-electron chi connectivity index (χ2n) is 2.95. The molecule has 0 saturated heterocycles. The van der Waals surface area contributed by atoms with Crippen molar-refractivity contribution in [1.82, 2.24) is 0 Å². The van der Waals surface area contributed by atoms with Crippen molar-refractivity contribution in [2.24, 2.45) is 0 Å². The van der Waals surface area contributed by atoms with Gasteiger partial charge >= 0.3 is 0 Å². The third kappa shape index (κ3) is 3.41. The normalized spacial score (nSPS) is 10.0. The van der Waals surface area contributed by atoms with Crippen LogP contribution >= 0.6 is 0 Å². The van der Waals surface area contributed by atoms with Crippen LogP contribution in [0.3, 0.4) is 0 Å². The summed E-state index contributed by atoms with van der Waals surface area (Å²) in [7, 11) is 0. The van der Waals surface area contributed by atoms with Crippen LogP contribution in [0.25, 0.3) is 0 Å². The Bertz CT molecular complexity index is 406. The van der Waals surface area contributed by atoms with Gasteiger partial charge in [-0.2, -0.15) is 0 Å². The van der Waals surface area contributed by atoms with E-state index in [0.29, 0.717) is 0 Å². The smallest absolute Gasteiger partial charge is 0.261 e. The number of carbonyl (C=O) groups is 1. The highest BCUT2D eigenvalue weighted by atomic mass is 19.2. The van der Waals surface area contributed by atoms with Gasteiger partial charge in [0.2, 0.25) is 5.78 Å². The first-order chi connectivity index (χ1) is 6.99. The van der Waals surface area contributed by atoms with E-state index in [4.69, 9.17) is 0 Å². The van der Waals surface area contributed by atoms with Gasteiger partial charge in [0.1, 0.15) is 0 Å². The van der Waals surface area contributed by atoms with E-state index >= 15 is 0 Å². The van der Waals surface area contributed by atoms with Gasteiger partial charge in [-0.15, -0.1) is 0 Å². The zero-order valence-electron chi connectivity index (χ0n) is 7.57. The second kappa shape index (κ2) is 4.59. The highest BCUT2D eigenvalue weighted by Crippen LogP contribution is 2.09. The topological polar surface area (TPSA) is 60.2 Å². The first-order valence-corrected chi connectivity index (χ1v) is 4.06. The van der Waals surface area contributed by atoms with Crippen LogP contribution in [0.1, 0.15) is 5.56 Å². The van der Waals surface area contributed by atoms with Gasteiger partial charge in [0, 0.05) is 11.3 Å². The average molecular weight is 215 g/mol. The minimum atomic E-state index is -1.07. The highest BCUT2D eigenvalue weighted by Gasteiger charge is 2.11. The summed E-state index contributed by atoms with van der Waals surface area (Å²) < 4.78 is 25.2. The predicted molar refractivity (Wildman–Crippen MR) is 46.9 cm³/mol. The number of ketones is 1. The first-order valence-electron chi connectivity index (χ1n) is 4.06. The number of nitrogens with zero attached hydrogens (tertiary/aromatic N) is 1. The molecule has 0 aliphatic heterocycles. The molecule has 0 radical (unpaired) electrons. The van der Waals surface area contributed by atoms with E-state index in [1.54, 1.807) is 0 Å². The fraction of sp³-hybridized carbons (Fsp3) is 0.222. The molecule has 0 aromatic heterocycles. The van der Waals surface area contributed by atoms with Gasteiger partial charge in [0.25, 0.3) is 6.54 Å². The van der Waals surface area contributed by atoms with Crippen LogP contribution in [0.5, 0.6) is 0 Å². The number of carbonyl (C=O) groups excluding carboxylic acids is 1. The van der Waals surface area contributed by atoms with Gasteiger partial charge in [-0.25, -0.2) is 8.78 Å². The lowest BCUT2D eigenvalue weighted by Crippen LogP contribution is -2.15. The predicted octanol–water partition coefficient (Wildman–Crippen LogP) is 1.35. The van der Waals surface area contributed by atoms with Crippen LogP contribution in [0.2, 0.25) is 0 Å².